The van der Waals surface area contributed by atoms with Crippen LogP contribution in [0.5, 0.6) is 0 Å². The zero-order chi connectivity index (χ0) is 23.7. The predicted octanol–water partition coefficient (Wildman–Crippen LogP) is 4.35. The first-order valence-electron chi connectivity index (χ1n) is 11.2. The minimum absolute atomic E-state index is 0.0446. The highest BCUT2D eigenvalue weighted by Gasteiger charge is 2.29. The predicted molar refractivity (Wildman–Crippen MR) is 131 cm³/mol. The van der Waals surface area contributed by atoms with Gasteiger partial charge in [0.1, 0.15) is 5.69 Å². The lowest BCUT2D eigenvalue weighted by molar-refractivity contribution is 0.0694. The number of carbonyl (C=O) groups excluding carboxylic acids is 1. The zero-order valence-corrected chi connectivity index (χ0v) is 18.8. The zero-order valence-electron chi connectivity index (χ0n) is 18.8. The number of hydrogen-bond donors (Lipinski definition) is 1. The molecule has 0 radical (unpaired) electrons. The fraction of sp³-hybridized carbons (Fsp3) is 0.185. The standard InChI is InChI=1S/C27H24N4O3/c1-18-17-30(26(32)20-7-3-2-4-8-20)15-16-31(18)25-23-10-6-5-9-22(23)24(28-29-25)19-11-13-21(14-12-19)27(33)34/h2-14,18H,15-17H2,1H3,(H,33,34)/t18-/m1/s1. The van der Waals surface area contributed by atoms with Gasteiger partial charge in [-0.1, -0.05) is 54.6 Å². The van der Waals surface area contributed by atoms with Crippen molar-refractivity contribution >= 4 is 28.5 Å². The van der Waals surface area contributed by atoms with E-state index in [0.29, 0.717) is 30.9 Å². The van der Waals surface area contributed by atoms with Crippen LogP contribution in [0.2, 0.25) is 0 Å². The van der Waals surface area contributed by atoms with E-state index < -0.39 is 5.97 Å². The summed E-state index contributed by atoms with van der Waals surface area (Å²) in [6.45, 7) is 3.96. The van der Waals surface area contributed by atoms with Gasteiger partial charge in [-0.05, 0) is 31.2 Å². The Kier molecular flexibility index (Phi) is 5.67. The van der Waals surface area contributed by atoms with Gasteiger partial charge in [0.2, 0.25) is 0 Å². The molecule has 0 unspecified atom stereocenters. The minimum Gasteiger partial charge on any atom is -0.478 e. The molecule has 0 spiro atoms. The fourth-order valence-corrected chi connectivity index (χ4v) is 4.51. The SMILES string of the molecule is C[C@@H]1CN(C(=O)c2ccccc2)CCN1c1nnc(-c2ccc(C(=O)O)cc2)c2ccccc12. The van der Waals surface area contributed by atoms with Gasteiger partial charge in [-0.25, -0.2) is 4.79 Å². The van der Waals surface area contributed by atoms with E-state index in [2.05, 4.69) is 22.0 Å². The van der Waals surface area contributed by atoms with Crippen LogP contribution in [-0.4, -0.2) is 57.8 Å². The number of aromatic nitrogens is 2. The summed E-state index contributed by atoms with van der Waals surface area (Å²) in [6.07, 6.45) is 0. The van der Waals surface area contributed by atoms with Crippen LogP contribution in [0, 0.1) is 0 Å². The van der Waals surface area contributed by atoms with Crippen LogP contribution in [0.25, 0.3) is 22.0 Å². The molecule has 0 bridgehead atoms. The van der Waals surface area contributed by atoms with Crippen molar-refractivity contribution in [3.63, 3.8) is 0 Å². The highest BCUT2D eigenvalue weighted by Crippen LogP contribution is 2.33. The summed E-state index contributed by atoms with van der Waals surface area (Å²) in [5.41, 5.74) is 2.45. The molecule has 2 heterocycles. The Balaban J connectivity index is 1.44. The van der Waals surface area contributed by atoms with Crippen molar-refractivity contribution in [3.8, 4) is 11.3 Å². The monoisotopic (exact) mass is 452 g/mol. The smallest absolute Gasteiger partial charge is 0.335 e. The Morgan fingerprint density at radius 3 is 2.18 bits per heavy atom. The molecule has 4 aromatic rings. The Bertz CT molecular complexity index is 1360. The van der Waals surface area contributed by atoms with Crippen LogP contribution < -0.4 is 4.90 Å². The number of fused-ring (bicyclic) bond motifs is 1. The van der Waals surface area contributed by atoms with Gasteiger partial charge < -0.3 is 14.9 Å². The molecule has 1 atom stereocenters. The Hall–Kier alpha value is -4.26. The highest BCUT2D eigenvalue weighted by molar-refractivity contribution is 6.01. The average Bonchev–Trinajstić information content (AvgIpc) is 2.88. The maximum atomic E-state index is 12.9. The van der Waals surface area contributed by atoms with Crippen molar-refractivity contribution in [2.45, 2.75) is 13.0 Å². The summed E-state index contributed by atoms with van der Waals surface area (Å²) < 4.78 is 0. The number of carboxylic acids is 1. The van der Waals surface area contributed by atoms with Gasteiger partial charge >= 0.3 is 5.97 Å². The molecule has 170 valence electrons. The number of aromatic carboxylic acids is 1. The van der Waals surface area contributed by atoms with Crippen molar-refractivity contribution in [1.29, 1.82) is 0 Å². The molecule has 7 heteroatoms. The number of rotatable bonds is 4. The molecule has 1 aromatic heterocycles. The van der Waals surface area contributed by atoms with Gasteiger partial charge in [0.25, 0.3) is 5.91 Å². The quantitative estimate of drug-likeness (QED) is 0.496. The third-order valence-corrected chi connectivity index (χ3v) is 6.28. The molecule has 34 heavy (non-hydrogen) atoms. The third-order valence-electron chi connectivity index (χ3n) is 6.28. The lowest BCUT2D eigenvalue weighted by Crippen LogP contribution is -2.54. The number of piperazine rings is 1. The van der Waals surface area contributed by atoms with Crippen LogP contribution in [0.4, 0.5) is 5.82 Å². The van der Waals surface area contributed by atoms with Crippen LogP contribution in [0.1, 0.15) is 27.6 Å². The van der Waals surface area contributed by atoms with Crippen LogP contribution in [0.15, 0.2) is 78.9 Å². The largest absolute Gasteiger partial charge is 0.478 e. The van der Waals surface area contributed by atoms with Crippen LogP contribution in [-0.2, 0) is 0 Å². The molecule has 0 aliphatic carbocycles. The van der Waals surface area contributed by atoms with E-state index in [1.54, 1.807) is 24.3 Å². The highest BCUT2D eigenvalue weighted by atomic mass is 16.4. The van der Waals surface area contributed by atoms with Gasteiger partial charge in [-0.2, -0.15) is 0 Å². The number of nitrogens with zero attached hydrogens (tertiary/aromatic N) is 4. The van der Waals surface area contributed by atoms with E-state index in [4.69, 9.17) is 0 Å². The van der Waals surface area contributed by atoms with Gasteiger partial charge in [0.15, 0.2) is 5.82 Å². The average molecular weight is 453 g/mol. The topological polar surface area (TPSA) is 86.6 Å². The molecule has 3 aromatic carbocycles. The first kappa shape index (κ1) is 21.6. The number of carbonyl (C=O) groups is 2. The molecule has 5 rings (SSSR count). The van der Waals surface area contributed by atoms with Gasteiger partial charge in [0, 0.05) is 47.6 Å². The second-order valence-electron chi connectivity index (χ2n) is 8.46. The third kappa shape index (κ3) is 3.96. The Labute approximate surface area is 197 Å². The van der Waals surface area contributed by atoms with Crippen molar-refractivity contribution in [3.05, 3.63) is 90.0 Å². The second kappa shape index (κ2) is 8.94. The molecule has 7 nitrogen and oxygen atoms in total. The number of carboxylic acid groups (broad SMARTS) is 1. The van der Waals surface area contributed by atoms with E-state index in [1.165, 1.54) is 0 Å². The minimum atomic E-state index is -0.961. The van der Waals surface area contributed by atoms with Crippen LogP contribution in [0.3, 0.4) is 0 Å². The molecular formula is C27H24N4O3. The molecule has 1 fully saturated rings. The second-order valence-corrected chi connectivity index (χ2v) is 8.46. The van der Waals surface area contributed by atoms with Crippen molar-refractivity contribution in [2.75, 3.05) is 24.5 Å². The van der Waals surface area contributed by atoms with Crippen molar-refractivity contribution in [1.82, 2.24) is 15.1 Å². The lowest BCUT2D eigenvalue weighted by atomic mass is 10.0. The first-order chi connectivity index (χ1) is 16.5. The van der Waals surface area contributed by atoms with E-state index >= 15 is 0 Å². The van der Waals surface area contributed by atoms with Crippen molar-refractivity contribution < 1.29 is 14.7 Å². The summed E-state index contributed by atoms with van der Waals surface area (Å²) in [7, 11) is 0. The van der Waals surface area contributed by atoms with E-state index in [-0.39, 0.29) is 17.5 Å². The Morgan fingerprint density at radius 1 is 0.824 bits per heavy atom. The summed E-state index contributed by atoms with van der Waals surface area (Å²) >= 11 is 0. The first-order valence-corrected chi connectivity index (χ1v) is 11.2. The number of benzene rings is 3. The molecule has 0 saturated carbocycles. The fourth-order valence-electron chi connectivity index (χ4n) is 4.51. The van der Waals surface area contributed by atoms with E-state index in [1.807, 2.05) is 59.5 Å². The summed E-state index contributed by atoms with van der Waals surface area (Å²) in [5, 5.41) is 20.3. The van der Waals surface area contributed by atoms with Gasteiger partial charge in [0.05, 0.1) is 5.56 Å². The number of hydrogen-bond acceptors (Lipinski definition) is 5. The number of amides is 1. The van der Waals surface area contributed by atoms with Gasteiger partial charge in [-0.15, -0.1) is 10.2 Å². The molecule has 1 aliphatic rings. The van der Waals surface area contributed by atoms with Gasteiger partial charge in [-0.3, -0.25) is 4.79 Å². The normalized spacial score (nSPS) is 16.0. The molecular weight excluding hydrogens is 428 g/mol. The van der Waals surface area contributed by atoms with Crippen molar-refractivity contribution in [2.24, 2.45) is 0 Å². The Morgan fingerprint density at radius 2 is 1.50 bits per heavy atom. The molecule has 1 aliphatic heterocycles. The summed E-state index contributed by atoms with van der Waals surface area (Å²) in [6, 6.07) is 24.1. The maximum Gasteiger partial charge on any atom is 0.335 e. The maximum absolute atomic E-state index is 12.9. The van der Waals surface area contributed by atoms with E-state index in [9.17, 15) is 14.7 Å². The summed E-state index contributed by atoms with van der Waals surface area (Å²) in [4.78, 5) is 28.2. The summed E-state index contributed by atoms with van der Waals surface area (Å²) in [5.74, 6) is -0.124. The molecule has 1 saturated heterocycles. The lowest BCUT2D eigenvalue weighted by Gasteiger charge is -2.40. The van der Waals surface area contributed by atoms with Crippen LogP contribution >= 0.6 is 0 Å². The number of anilines is 1. The molecule has 1 N–H and O–H groups in total. The molecule has 1 amide bonds. The van der Waals surface area contributed by atoms with E-state index in [0.717, 1.165) is 22.2 Å².